The number of halogens is 1. The molecule has 7 nitrogen and oxygen atoms in total. The molecular weight excluding hydrogens is 468 g/mol. The molecule has 1 fully saturated rings. The second-order valence-electron chi connectivity index (χ2n) is 8.33. The fourth-order valence-corrected chi connectivity index (χ4v) is 4.50. The summed E-state index contributed by atoms with van der Waals surface area (Å²) in [5, 5.41) is 11.7. The van der Waals surface area contributed by atoms with Crippen molar-refractivity contribution in [1.29, 1.82) is 0 Å². The van der Waals surface area contributed by atoms with Gasteiger partial charge >= 0.3 is 0 Å². The number of likely N-dealkylation sites (tertiary alicyclic amines) is 1. The SMILES string of the molecule is COc1cc(/C(O)=C2\C(=O)C(=O)N(Cc3cc(C)ccc3C)C2c2cccnc2)c(OC)cc1Cl. The molecule has 1 atom stereocenters. The van der Waals surface area contributed by atoms with Crippen LogP contribution < -0.4 is 9.47 Å². The van der Waals surface area contributed by atoms with Gasteiger partial charge in [0.1, 0.15) is 17.3 Å². The number of aliphatic hydroxyl groups excluding tert-OH is 1. The normalized spacial score (nSPS) is 17.1. The van der Waals surface area contributed by atoms with E-state index >= 15 is 0 Å². The van der Waals surface area contributed by atoms with Crippen LogP contribution in [0.3, 0.4) is 0 Å². The first kappa shape index (κ1) is 24.3. The Bertz CT molecular complexity index is 1340. The average Bonchev–Trinajstić information content (AvgIpc) is 3.11. The lowest BCUT2D eigenvalue weighted by atomic mass is 9.95. The van der Waals surface area contributed by atoms with Gasteiger partial charge in [-0.1, -0.05) is 41.4 Å². The number of methoxy groups -OCH3 is 2. The van der Waals surface area contributed by atoms with Crippen molar-refractivity contribution in [3.8, 4) is 11.5 Å². The van der Waals surface area contributed by atoms with Gasteiger partial charge in [0.2, 0.25) is 0 Å². The monoisotopic (exact) mass is 492 g/mol. The van der Waals surface area contributed by atoms with Crippen LogP contribution in [0.5, 0.6) is 11.5 Å². The van der Waals surface area contributed by atoms with E-state index in [-0.39, 0.29) is 40.0 Å². The lowest BCUT2D eigenvalue weighted by Gasteiger charge is -2.26. The lowest BCUT2D eigenvalue weighted by molar-refractivity contribution is -0.140. The number of nitrogens with zero attached hydrogens (tertiary/aromatic N) is 2. The van der Waals surface area contributed by atoms with Gasteiger partial charge in [0.05, 0.1) is 36.4 Å². The number of hydrogen-bond donors (Lipinski definition) is 1. The summed E-state index contributed by atoms with van der Waals surface area (Å²) in [6.45, 7) is 4.11. The second-order valence-corrected chi connectivity index (χ2v) is 8.74. The zero-order valence-corrected chi connectivity index (χ0v) is 20.6. The predicted octanol–water partition coefficient (Wildman–Crippen LogP) is 4.99. The number of benzene rings is 2. The number of hydrogen-bond acceptors (Lipinski definition) is 6. The third-order valence-electron chi connectivity index (χ3n) is 6.11. The zero-order chi connectivity index (χ0) is 25.3. The fourth-order valence-electron chi connectivity index (χ4n) is 4.27. The Morgan fingerprint density at radius 1 is 1.09 bits per heavy atom. The Kier molecular flexibility index (Phi) is 6.80. The summed E-state index contributed by atoms with van der Waals surface area (Å²) in [6, 6.07) is 11.6. The molecule has 4 rings (SSSR count). The highest BCUT2D eigenvalue weighted by Crippen LogP contribution is 2.43. The fraction of sp³-hybridized carbons (Fsp3) is 0.222. The van der Waals surface area contributed by atoms with E-state index in [1.165, 1.54) is 31.3 Å². The molecule has 2 heterocycles. The average molecular weight is 493 g/mol. The molecule has 180 valence electrons. The Balaban J connectivity index is 1.92. The molecule has 1 aliphatic rings. The molecule has 0 saturated carbocycles. The van der Waals surface area contributed by atoms with Crippen molar-refractivity contribution in [2.75, 3.05) is 14.2 Å². The van der Waals surface area contributed by atoms with Gasteiger partial charge < -0.3 is 19.5 Å². The van der Waals surface area contributed by atoms with E-state index in [2.05, 4.69) is 4.98 Å². The number of rotatable bonds is 6. The highest BCUT2D eigenvalue weighted by Gasteiger charge is 2.46. The van der Waals surface area contributed by atoms with Gasteiger partial charge in [-0.15, -0.1) is 0 Å². The van der Waals surface area contributed by atoms with Gasteiger partial charge in [-0.3, -0.25) is 14.6 Å². The van der Waals surface area contributed by atoms with E-state index in [0.717, 1.165) is 16.7 Å². The summed E-state index contributed by atoms with van der Waals surface area (Å²) in [7, 11) is 2.86. The summed E-state index contributed by atoms with van der Waals surface area (Å²) in [6.07, 6.45) is 3.19. The Labute approximate surface area is 208 Å². The highest BCUT2D eigenvalue weighted by atomic mass is 35.5. The molecule has 1 aliphatic heterocycles. The van der Waals surface area contributed by atoms with Crippen LogP contribution in [0.25, 0.3) is 5.76 Å². The Morgan fingerprint density at radius 2 is 1.83 bits per heavy atom. The minimum atomic E-state index is -0.852. The minimum absolute atomic E-state index is 0.0593. The van der Waals surface area contributed by atoms with Crippen molar-refractivity contribution in [2.24, 2.45) is 0 Å². The third kappa shape index (κ3) is 4.47. The van der Waals surface area contributed by atoms with Crippen LogP contribution in [0.15, 0.2) is 60.4 Å². The first-order valence-corrected chi connectivity index (χ1v) is 11.3. The molecule has 2 aromatic carbocycles. The molecule has 0 spiro atoms. The minimum Gasteiger partial charge on any atom is -0.507 e. The molecule has 1 N–H and O–H groups in total. The number of Topliss-reactive ketones (excluding diaryl/α,β-unsaturated/α-hetero) is 1. The van der Waals surface area contributed by atoms with Gasteiger partial charge in [-0.25, -0.2) is 0 Å². The lowest BCUT2D eigenvalue weighted by Crippen LogP contribution is -2.29. The predicted molar refractivity (Wildman–Crippen MR) is 133 cm³/mol. The maximum absolute atomic E-state index is 13.3. The van der Waals surface area contributed by atoms with E-state index in [1.807, 2.05) is 32.0 Å². The number of ketones is 1. The van der Waals surface area contributed by atoms with Crippen LogP contribution in [0, 0.1) is 13.8 Å². The maximum Gasteiger partial charge on any atom is 0.295 e. The van der Waals surface area contributed by atoms with Crippen molar-refractivity contribution >= 4 is 29.1 Å². The van der Waals surface area contributed by atoms with Crippen molar-refractivity contribution in [2.45, 2.75) is 26.4 Å². The van der Waals surface area contributed by atoms with Gasteiger partial charge in [-0.05, 0) is 42.7 Å². The van der Waals surface area contributed by atoms with Crippen LogP contribution in [0.2, 0.25) is 5.02 Å². The number of carbonyl (C=O) groups is 2. The zero-order valence-electron chi connectivity index (χ0n) is 19.8. The highest BCUT2D eigenvalue weighted by molar-refractivity contribution is 6.46. The number of aliphatic hydroxyl groups is 1. The smallest absolute Gasteiger partial charge is 0.295 e. The van der Waals surface area contributed by atoms with Gasteiger partial charge in [-0.2, -0.15) is 0 Å². The first-order valence-electron chi connectivity index (χ1n) is 10.9. The molecule has 0 bridgehead atoms. The molecular formula is C27H25ClN2O5. The van der Waals surface area contributed by atoms with Crippen molar-refractivity contribution in [3.05, 3.63) is 93.3 Å². The molecule has 3 aromatic rings. The summed E-state index contributed by atoms with van der Waals surface area (Å²) in [5.74, 6) is -1.36. The Morgan fingerprint density at radius 3 is 2.49 bits per heavy atom. The quantitative estimate of drug-likeness (QED) is 0.296. The summed E-state index contributed by atoms with van der Waals surface area (Å²) in [5.41, 5.74) is 3.66. The van der Waals surface area contributed by atoms with Crippen molar-refractivity contribution < 1.29 is 24.2 Å². The van der Waals surface area contributed by atoms with Crippen molar-refractivity contribution in [3.63, 3.8) is 0 Å². The largest absolute Gasteiger partial charge is 0.507 e. The number of ether oxygens (including phenoxy) is 2. The standard InChI is InChI=1S/C27H25ClN2O5/c1-15-7-8-16(2)18(10-15)14-30-24(17-6-5-9-29-13-17)23(26(32)27(30)33)25(31)19-11-22(35-4)20(28)12-21(19)34-3/h5-13,24,31H,14H2,1-4H3/b25-23+. The molecule has 8 heteroatoms. The number of aromatic nitrogens is 1. The van der Waals surface area contributed by atoms with E-state index in [4.69, 9.17) is 21.1 Å². The van der Waals surface area contributed by atoms with Gasteiger partial charge in [0.25, 0.3) is 11.7 Å². The molecule has 1 unspecified atom stereocenters. The molecule has 1 aromatic heterocycles. The molecule has 0 aliphatic carbocycles. The first-order chi connectivity index (χ1) is 16.8. The van der Waals surface area contributed by atoms with Crippen LogP contribution in [-0.4, -0.2) is 40.9 Å². The van der Waals surface area contributed by atoms with Gasteiger partial charge in [0, 0.05) is 25.0 Å². The van der Waals surface area contributed by atoms with Crippen LogP contribution in [0.4, 0.5) is 0 Å². The molecule has 1 saturated heterocycles. The Hall–Kier alpha value is -3.84. The number of amides is 1. The topological polar surface area (TPSA) is 89.0 Å². The van der Waals surface area contributed by atoms with E-state index in [1.54, 1.807) is 24.5 Å². The summed E-state index contributed by atoms with van der Waals surface area (Å²) < 4.78 is 10.7. The maximum atomic E-state index is 13.3. The van der Waals surface area contributed by atoms with Gasteiger partial charge in [0.15, 0.2) is 0 Å². The third-order valence-corrected chi connectivity index (χ3v) is 6.41. The molecule has 35 heavy (non-hydrogen) atoms. The number of pyridine rings is 1. The molecule has 0 radical (unpaired) electrons. The van der Waals surface area contributed by atoms with E-state index in [9.17, 15) is 14.7 Å². The number of carbonyl (C=O) groups excluding carboxylic acids is 2. The summed E-state index contributed by atoms with van der Waals surface area (Å²) >= 11 is 6.22. The molecule has 1 amide bonds. The van der Waals surface area contributed by atoms with E-state index < -0.39 is 17.7 Å². The van der Waals surface area contributed by atoms with Crippen LogP contribution >= 0.6 is 11.6 Å². The van der Waals surface area contributed by atoms with Crippen molar-refractivity contribution in [1.82, 2.24) is 9.88 Å². The second kappa shape index (κ2) is 9.80. The van der Waals surface area contributed by atoms with E-state index in [0.29, 0.717) is 5.56 Å². The van der Waals surface area contributed by atoms with Crippen LogP contribution in [-0.2, 0) is 16.1 Å². The van der Waals surface area contributed by atoms with Crippen LogP contribution in [0.1, 0.15) is 33.9 Å². The number of aryl methyl sites for hydroxylation is 2. The summed E-state index contributed by atoms with van der Waals surface area (Å²) in [4.78, 5) is 32.3.